The van der Waals surface area contributed by atoms with E-state index < -0.39 is 46.3 Å². The molecule has 10 aromatic rings. The molecule has 0 spiro atoms. The number of Topliss-reactive ketones (excluding diaryl/α,β-unsaturated/α-hetero) is 1. The lowest BCUT2D eigenvalue weighted by atomic mass is 10.0. The molecular weight excluding hydrogens is 1710 g/mol. The number of aromatic amines is 1. The maximum absolute atomic E-state index is 12.0. The standard InChI is InChI=1S/C17H14N2O3.C16H10N4.C13H11N3O.C11H10N2O.C11H9NO3S.C11H9NO3.C11H7NO3.C11H7NO2/c18-10-14(8-13-6-7-15(20)16(21)9-13)17(22)19-11-12-4-2-1-3-5-12;1-2-12(9-17)16(19)14(10-18)8-11-3-4-15-13(7-11)5-6-20-15;1-9(7-14)13(16)11(8-15)6-10-2-4-12(17)5-3-10;1-14-11-4-2-9(3-5-11)6-10(7-12)8-13;1-6(16)8(5-12)2-7-3-9(13)11(15)10(14)4-7;1-7(13)9(6-12)4-8-2-3-10(14)11(15)5-8;1-2-7(6-12)3-8-4-9(13)11(15)10(14)5-8;1-2-8(7-12)5-9-3-4-10(13)11(14)6-9/h1-9,20-21H,11H2,(H,19,22);1,3-8,20H,19H2;2-6,17H,16H2,1H3;2-5,10H,6H2,1H3;2-4,13-15H,1H3;2-5,14-15H,1H3;1,3-5,13-15H;1,3-6,13-14H/b14-8+;14-8+,16-12+;11-6+,13-9+;;8-2+;9-4+;7-3-;8-5-. The number of rotatable bonds is 17. The van der Waals surface area contributed by atoms with Gasteiger partial charge in [-0.25, -0.2) is 0 Å². The molecule has 658 valence electrons. The summed E-state index contributed by atoms with van der Waals surface area (Å²) in [6, 6.07) is 68.3. The Morgan fingerprint density at radius 3 is 1.22 bits per heavy atom. The number of phenols is 13. The lowest BCUT2D eigenvalue weighted by Crippen LogP contribution is -2.23. The Bertz CT molecular complexity index is 6830. The molecule has 0 radical (unpaired) electrons. The van der Waals surface area contributed by atoms with Gasteiger partial charge >= 0.3 is 0 Å². The van der Waals surface area contributed by atoms with E-state index in [1.54, 1.807) is 69.5 Å². The minimum absolute atomic E-state index is 0.0000831. The first-order valence-corrected chi connectivity index (χ1v) is 38.0. The predicted molar refractivity (Wildman–Crippen MR) is 498 cm³/mol. The second kappa shape index (κ2) is 55.4. The van der Waals surface area contributed by atoms with Crippen molar-refractivity contribution in [2.75, 3.05) is 7.11 Å². The van der Waals surface area contributed by atoms with Crippen molar-refractivity contribution >= 4 is 82.2 Å². The molecule has 133 heavy (non-hydrogen) atoms. The van der Waals surface area contributed by atoms with Crippen LogP contribution in [0.1, 0.15) is 70.8 Å². The molecule has 1 heterocycles. The van der Waals surface area contributed by atoms with Crippen LogP contribution in [0.2, 0.25) is 0 Å². The fourth-order valence-electron chi connectivity index (χ4n) is 9.89. The number of nitrogens with zero attached hydrogens (tertiary/aromatic N) is 11. The van der Waals surface area contributed by atoms with E-state index in [4.69, 9.17) is 146 Å². The van der Waals surface area contributed by atoms with Crippen molar-refractivity contribution < 1.29 is 80.7 Å². The van der Waals surface area contributed by atoms with Crippen molar-refractivity contribution in [2.24, 2.45) is 17.4 Å². The van der Waals surface area contributed by atoms with E-state index in [0.29, 0.717) is 51.2 Å². The van der Waals surface area contributed by atoms with Crippen molar-refractivity contribution in [3.8, 4) is 184 Å². The Hall–Kier alpha value is -20.7. The van der Waals surface area contributed by atoms with Crippen LogP contribution in [0.15, 0.2) is 250 Å². The number of nitrogens with one attached hydrogen (secondary N) is 2. The largest absolute Gasteiger partial charge is 0.508 e. The monoisotopic (exact) mass is 1790 g/mol. The van der Waals surface area contributed by atoms with Gasteiger partial charge in [0.25, 0.3) is 5.91 Å². The zero-order valence-electron chi connectivity index (χ0n) is 70.7. The summed E-state index contributed by atoms with van der Waals surface area (Å²) in [7, 11) is 1.60. The van der Waals surface area contributed by atoms with E-state index in [1.807, 2.05) is 134 Å². The molecule has 0 saturated heterocycles. The molecule has 32 heteroatoms. The number of ether oxygens (including phenoxy) is 1. The third kappa shape index (κ3) is 35.9. The molecule has 31 nitrogen and oxygen atoms in total. The molecule has 0 atom stereocenters. The zero-order valence-corrected chi connectivity index (χ0v) is 71.5. The number of H-pyrrole nitrogens is 1. The smallest absolute Gasteiger partial charge is 0.262 e. The summed E-state index contributed by atoms with van der Waals surface area (Å²) in [5.74, 6) is 1.41. The van der Waals surface area contributed by atoms with Crippen LogP contribution in [-0.2, 0) is 22.6 Å². The van der Waals surface area contributed by atoms with E-state index in [0.717, 1.165) is 38.9 Å². The number of amides is 1. The SMILES string of the molecule is C#C/C(C#N)=C(N)/C(C#N)=C/c1ccc2[nH]ccc2c1.C#C/C(C#N)=C/c1cc(O)c(O)c(O)c1.C#C/C(C#N)=C/c1ccc(O)c(O)c1.C/C(C#N)=C(N)/C(C#N)=C/c1ccc(O)cc1.CC(=O)/C(C#N)=C/c1ccc(O)c(O)c1.CC(=S)/C(C#N)=C/c1cc(O)c(O)c(O)c1.COc1ccc(CC(C#N)C#N)cc1.N#C/C(=C\c1ccc(O)c(O)c1)C(=O)NCc1ccccc1. The third-order valence-corrected chi connectivity index (χ3v) is 17.1. The van der Waals surface area contributed by atoms with Gasteiger partial charge in [-0.05, 0) is 222 Å². The van der Waals surface area contributed by atoms with Crippen LogP contribution >= 0.6 is 12.2 Å². The highest BCUT2D eigenvalue weighted by Gasteiger charge is 2.15. The number of benzene rings is 9. The molecule has 10 rings (SSSR count). The van der Waals surface area contributed by atoms with Crippen LogP contribution in [-0.4, -0.2) is 95.0 Å². The Labute approximate surface area is 769 Å². The summed E-state index contributed by atoms with van der Waals surface area (Å²) in [5.41, 5.74) is 19.3. The number of aromatic nitrogens is 1. The highest BCUT2D eigenvalue weighted by atomic mass is 32.1. The molecule has 0 bridgehead atoms. The Balaban J connectivity index is 0.000000393. The first-order chi connectivity index (χ1) is 63.4. The number of hydrogen-bond donors (Lipinski definition) is 17. The van der Waals surface area contributed by atoms with Gasteiger partial charge in [0.05, 0.1) is 64.6 Å². The molecule has 0 aliphatic heterocycles. The Morgan fingerprint density at radius 2 is 0.812 bits per heavy atom. The molecule has 0 fully saturated rings. The summed E-state index contributed by atoms with van der Waals surface area (Å²) in [6.07, 6.45) is 27.6. The molecular formula is C101H77N15O16S. The minimum atomic E-state index is -0.605. The second-order valence-corrected chi connectivity index (χ2v) is 26.9. The maximum Gasteiger partial charge on any atom is 0.262 e. The summed E-state index contributed by atoms with van der Waals surface area (Å²) < 4.78 is 5.00. The lowest BCUT2D eigenvalue weighted by molar-refractivity contribution is -0.117. The molecule has 0 aliphatic carbocycles. The van der Waals surface area contributed by atoms with Gasteiger partial charge in [0, 0.05) is 29.5 Å². The van der Waals surface area contributed by atoms with Crippen LogP contribution in [0.4, 0.5) is 0 Å². The van der Waals surface area contributed by atoms with Crippen molar-refractivity contribution in [1.82, 2.24) is 10.3 Å². The number of allylic oxidation sites excluding steroid dienone is 8. The van der Waals surface area contributed by atoms with Crippen molar-refractivity contribution in [2.45, 2.75) is 33.7 Å². The van der Waals surface area contributed by atoms with Crippen molar-refractivity contribution in [3.63, 3.8) is 0 Å². The Morgan fingerprint density at radius 1 is 0.414 bits per heavy atom. The number of thiocarbonyl (C=S) groups is 1. The maximum atomic E-state index is 12.0. The number of carbonyl (C=O) groups is 2. The van der Waals surface area contributed by atoms with E-state index in [-0.39, 0.29) is 102 Å². The van der Waals surface area contributed by atoms with Gasteiger partial charge in [-0.2, -0.15) is 57.9 Å². The number of nitriles is 11. The van der Waals surface area contributed by atoms with E-state index >= 15 is 0 Å². The normalized spacial score (nSPS) is 10.9. The summed E-state index contributed by atoms with van der Waals surface area (Å²) in [5, 5.41) is 219. The number of carbonyl (C=O) groups excluding carboxylic acids is 2. The molecule has 1 amide bonds. The van der Waals surface area contributed by atoms with Crippen molar-refractivity contribution in [1.29, 1.82) is 57.9 Å². The number of nitrogens with two attached hydrogens (primary N) is 2. The van der Waals surface area contributed by atoms with Crippen LogP contribution < -0.4 is 21.5 Å². The highest BCUT2D eigenvalue weighted by Crippen LogP contribution is 2.38. The third-order valence-electron chi connectivity index (χ3n) is 16.9. The van der Waals surface area contributed by atoms with Crippen LogP contribution in [0.3, 0.4) is 0 Å². The Kier molecular flexibility index (Phi) is 44.4. The minimum Gasteiger partial charge on any atom is -0.508 e. The molecule has 0 unspecified atom stereocenters. The summed E-state index contributed by atoms with van der Waals surface area (Å²) in [6.45, 7) is 4.76. The summed E-state index contributed by atoms with van der Waals surface area (Å²) in [4.78, 5) is 26.4. The predicted octanol–water partition coefficient (Wildman–Crippen LogP) is 15.4. The zero-order chi connectivity index (χ0) is 99.4. The lowest BCUT2D eigenvalue weighted by Gasteiger charge is -2.05. The molecule has 0 aliphatic rings. The second-order valence-electron chi connectivity index (χ2n) is 26.3. The number of fused-ring (bicyclic) bond motifs is 1. The quantitative estimate of drug-likeness (QED) is 0.0101. The van der Waals surface area contributed by atoms with Crippen molar-refractivity contribution in [3.05, 3.63) is 300 Å². The average Bonchev–Trinajstić information content (AvgIpc) is 1.80. The number of ketones is 1. The topological polar surface area (TPSA) is 648 Å². The number of hydrogen-bond acceptors (Lipinski definition) is 30. The fourth-order valence-corrected chi connectivity index (χ4v) is 10.00. The van der Waals surface area contributed by atoms with Crippen LogP contribution in [0.5, 0.6) is 80.5 Å². The average molecular weight is 1790 g/mol. The van der Waals surface area contributed by atoms with Crippen LogP contribution in [0.25, 0.3) is 53.4 Å². The first kappa shape index (κ1) is 106. The van der Waals surface area contributed by atoms with Gasteiger partial charge in [-0.1, -0.05) is 109 Å². The first-order valence-electron chi connectivity index (χ1n) is 37.6. The summed E-state index contributed by atoms with van der Waals surface area (Å²) >= 11 is 4.84. The number of terminal acetylenes is 3. The van der Waals surface area contributed by atoms with E-state index in [2.05, 4.69) is 28.1 Å². The number of phenolic OH excluding ortho intramolecular Hbond substituents is 13. The number of aromatic hydroxyl groups is 13. The molecule has 1 aromatic heterocycles. The van der Waals surface area contributed by atoms with Gasteiger partial charge in [0.1, 0.15) is 88.3 Å². The van der Waals surface area contributed by atoms with Gasteiger partial charge < -0.3 is 92.9 Å². The van der Waals surface area contributed by atoms with Gasteiger partial charge in [-0.15, -0.1) is 19.3 Å². The van der Waals surface area contributed by atoms with E-state index in [9.17, 15) is 35.1 Å². The van der Waals surface area contributed by atoms with Gasteiger partial charge in [0.2, 0.25) is 0 Å². The highest BCUT2D eigenvalue weighted by molar-refractivity contribution is 7.80. The fraction of sp³-hybridized carbons (Fsp3) is 0.0693. The van der Waals surface area contributed by atoms with Gasteiger partial charge in [-0.3, -0.25) is 9.59 Å². The molecule has 9 aromatic carbocycles. The van der Waals surface area contributed by atoms with Crippen LogP contribution in [0, 0.1) is 168 Å². The number of methoxy groups -OCH3 is 1. The van der Waals surface area contributed by atoms with E-state index in [1.165, 1.54) is 122 Å². The molecule has 19 N–H and O–H groups in total. The molecule has 0 saturated carbocycles. The van der Waals surface area contributed by atoms with Gasteiger partial charge in [0.15, 0.2) is 74.8 Å².